The lowest BCUT2D eigenvalue weighted by atomic mass is 9.77. The summed E-state index contributed by atoms with van der Waals surface area (Å²) in [6.45, 7) is 8.06. The van der Waals surface area contributed by atoms with Crippen LogP contribution >= 0.6 is 0 Å². The largest absolute Gasteiger partial charge is 0.378 e. The molecule has 2 aliphatic heterocycles. The van der Waals surface area contributed by atoms with E-state index in [0.29, 0.717) is 12.0 Å². The predicted molar refractivity (Wildman–Crippen MR) is 64.6 cm³/mol. The molecule has 16 heavy (non-hydrogen) atoms. The standard InChI is InChI=1S/C13H25NO2/c1-3-11(4-2)12-13(16-9-7-14-12)6-5-8-15-10-13/h11-12,14H,3-10H2,1-2H3. The highest BCUT2D eigenvalue weighted by molar-refractivity contribution is 5.00. The Morgan fingerprint density at radius 2 is 2.12 bits per heavy atom. The van der Waals surface area contributed by atoms with Crippen LogP contribution < -0.4 is 5.32 Å². The summed E-state index contributed by atoms with van der Waals surface area (Å²) in [6, 6.07) is 0.483. The molecule has 2 unspecified atom stereocenters. The van der Waals surface area contributed by atoms with E-state index < -0.39 is 0 Å². The van der Waals surface area contributed by atoms with E-state index in [1.165, 1.54) is 12.8 Å². The molecule has 0 aromatic rings. The molecule has 1 N–H and O–H groups in total. The minimum atomic E-state index is -0.0345. The third-order valence-electron chi connectivity index (χ3n) is 4.18. The second-order valence-electron chi connectivity index (χ2n) is 5.08. The van der Waals surface area contributed by atoms with Gasteiger partial charge >= 0.3 is 0 Å². The van der Waals surface area contributed by atoms with Gasteiger partial charge in [0.25, 0.3) is 0 Å². The van der Waals surface area contributed by atoms with E-state index in [1.807, 2.05) is 0 Å². The van der Waals surface area contributed by atoms with E-state index in [2.05, 4.69) is 19.2 Å². The van der Waals surface area contributed by atoms with Crippen molar-refractivity contribution in [1.29, 1.82) is 0 Å². The van der Waals surface area contributed by atoms with Crippen molar-refractivity contribution in [3.63, 3.8) is 0 Å². The van der Waals surface area contributed by atoms with Crippen LogP contribution in [-0.4, -0.2) is 38.0 Å². The first-order valence-corrected chi connectivity index (χ1v) is 6.77. The molecule has 2 saturated heterocycles. The Kier molecular flexibility index (Phi) is 4.22. The molecule has 0 aromatic heterocycles. The molecule has 2 atom stereocenters. The number of hydrogen-bond acceptors (Lipinski definition) is 3. The maximum atomic E-state index is 6.12. The third-order valence-corrected chi connectivity index (χ3v) is 4.18. The number of hydrogen-bond donors (Lipinski definition) is 1. The highest BCUT2D eigenvalue weighted by atomic mass is 16.5. The summed E-state index contributed by atoms with van der Waals surface area (Å²) < 4.78 is 11.8. The fraction of sp³-hybridized carbons (Fsp3) is 1.00. The molecule has 2 rings (SSSR count). The van der Waals surface area contributed by atoms with Gasteiger partial charge < -0.3 is 14.8 Å². The molecule has 1 spiro atoms. The minimum Gasteiger partial charge on any atom is -0.378 e. The van der Waals surface area contributed by atoms with Crippen LogP contribution in [0.15, 0.2) is 0 Å². The molecule has 0 aliphatic carbocycles. The number of nitrogens with one attached hydrogen (secondary N) is 1. The smallest absolute Gasteiger partial charge is 0.107 e. The fourth-order valence-electron chi connectivity index (χ4n) is 3.25. The van der Waals surface area contributed by atoms with E-state index in [4.69, 9.17) is 9.47 Å². The van der Waals surface area contributed by atoms with Crippen LogP contribution in [0, 0.1) is 5.92 Å². The Labute approximate surface area is 98.9 Å². The molecule has 2 heterocycles. The average Bonchev–Trinajstić information content (AvgIpc) is 2.34. The molecule has 0 aromatic carbocycles. The molecule has 2 fully saturated rings. The van der Waals surface area contributed by atoms with Crippen LogP contribution in [0.25, 0.3) is 0 Å². The van der Waals surface area contributed by atoms with Gasteiger partial charge in [0.1, 0.15) is 5.60 Å². The van der Waals surface area contributed by atoms with Gasteiger partial charge in [-0.3, -0.25) is 0 Å². The number of ether oxygens (including phenoxy) is 2. The van der Waals surface area contributed by atoms with Gasteiger partial charge in [-0.1, -0.05) is 26.7 Å². The maximum Gasteiger partial charge on any atom is 0.107 e. The Morgan fingerprint density at radius 3 is 2.75 bits per heavy atom. The topological polar surface area (TPSA) is 30.5 Å². The summed E-state index contributed by atoms with van der Waals surface area (Å²) in [5.41, 5.74) is -0.0345. The Morgan fingerprint density at radius 1 is 1.31 bits per heavy atom. The van der Waals surface area contributed by atoms with E-state index in [1.54, 1.807) is 0 Å². The quantitative estimate of drug-likeness (QED) is 0.799. The Hall–Kier alpha value is -0.120. The van der Waals surface area contributed by atoms with Crippen molar-refractivity contribution in [2.75, 3.05) is 26.4 Å². The maximum absolute atomic E-state index is 6.12. The number of rotatable bonds is 3. The van der Waals surface area contributed by atoms with Gasteiger partial charge in [0.2, 0.25) is 0 Å². The van der Waals surface area contributed by atoms with Crippen molar-refractivity contribution >= 4 is 0 Å². The van der Waals surface area contributed by atoms with E-state index in [9.17, 15) is 0 Å². The van der Waals surface area contributed by atoms with Crippen LogP contribution in [0.2, 0.25) is 0 Å². The van der Waals surface area contributed by atoms with E-state index in [-0.39, 0.29) is 5.60 Å². The molecule has 0 amide bonds. The van der Waals surface area contributed by atoms with Crippen molar-refractivity contribution in [3.8, 4) is 0 Å². The first-order valence-electron chi connectivity index (χ1n) is 6.77. The van der Waals surface area contributed by atoms with E-state index >= 15 is 0 Å². The van der Waals surface area contributed by atoms with Crippen LogP contribution in [0.4, 0.5) is 0 Å². The average molecular weight is 227 g/mol. The molecular formula is C13H25NO2. The fourth-order valence-corrected chi connectivity index (χ4v) is 3.25. The predicted octanol–water partition coefficient (Wildman–Crippen LogP) is 1.96. The molecule has 0 radical (unpaired) electrons. The van der Waals surface area contributed by atoms with E-state index in [0.717, 1.165) is 39.2 Å². The van der Waals surface area contributed by atoms with Gasteiger partial charge in [0.15, 0.2) is 0 Å². The van der Waals surface area contributed by atoms with Crippen LogP contribution in [0.3, 0.4) is 0 Å². The second kappa shape index (κ2) is 5.48. The lowest BCUT2D eigenvalue weighted by molar-refractivity contribution is -0.173. The summed E-state index contributed by atoms with van der Waals surface area (Å²) in [7, 11) is 0. The van der Waals surface area contributed by atoms with Gasteiger partial charge in [-0.2, -0.15) is 0 Å². The molecule has 2 aliphatic rings. The summed E-state index contributed by atoms with van der Waals surface area (Å²) >= 11 is 0. The first-order chi connectivity index (χ1) is 7.82. The molecule has 94 valence electrons. The SMILES string of the molecule is CCC(CC)C1NCCOC12CCCOC2. The minimum absolute atomic E-state index is 0.0345. The van der Waals surface area contributed by atoms with Gasteiger partial charge in [0, 0.05) is 19.2 Å². The van der Waals surface area contributed by atoms with Crippen molar-refractivity contribution in [2.45, 2.75) is 51.2 Å². The lowest BCUT2D eigenvalue weighted by Crippen LogP contribution is -2.64. The van der Waals surface area contributed by atoms with Crippen molar-refractivity contribution < 1.29 is 9.47 Å². The highest BCUT2D eigenvalue weighted by Crippen LogP contribution is 2.34. The normalized spacial score (nSPS) is 35.8. The third kappa shape index (κ3) is 2.27. The van der Waals surface area contributed by atoms with Crippen molar-refractivity contribution in [3.05, 3.63) is 0 Å². The molecule has 0 saturated carbocycles. The molecule has 3 heteroatoms. The van der Waals surface area contributed by atoms with Crippen LogP contribution in [0.5, 0.6) is 0 Å². The summed E-state index contributed by atoms with van der Waals surface area (Å²) in [5, 5.41) is 3.68. The van der Waals surface area contributed by atoms with Gasteiger partial charge in [-0.15, -0.1) is 0 Å². The first kappa shape index (κ1) is 12.3. The van der Waals surface area contributed by atoms with Crippen LogP contribution in [-0.2, 0) is 9.47 Å². The second-order valence-corrected chi connectivity index (χ2v) is 5.08. The Balaban J connectivity index is 2.11. The summed E-state index contributed by atoms with van der Waals surface area (Å²) in [4.78, 5) is 0. The molecule has 0 bridgehead atoms. The zero-order valence-electron chi connectivity index (χ0n) is 10.6. The van der Waals surface area contributed by atoms with Gasteiger partial charge in [-0.05, 0) is 18.8 Å². The van der Waals surface area contributed by atoms with Gasteiger partial charge in [-0.25, -0.2) is 0 Å². The lowest BCUT2D eigenvalue weighted by Gasteiger charge is -2.49. The monoisotopic (exact) mass is 227 g/mol. The van der Waals surface area contributed by atoms with Crippen molar-refractivity contribution in [2.24, 2.45) is 5.92 Å². The summed E-state index contributed by atoms with van der Waals surface area (Å²) in [6.07, 6.45) is 4.73. The van der Waals surface area contributed by atoms with Crippen LogP contribution in [0.1, 0.15) is 39.5 Å². The zero-order chi connectivity index (χ0) is 11.4. The van der Waals surface area contributed by atoms with Gasteiger partial charge in [0.05, 0.1) is 13.2 Å². The highest BCUT2D eigenvalue weighted by Gasteiger charge is 2.46. The molecular weight excluding hydrogens is 202 g/mol. The zero-order valence-corrected chi connectivity index (χ0v) is 10.6. The van der Waals surface area contributed by atoms with Crippen molar-refractivity contribution in [1.82, 2.24) is 5.32 Å². The Bertz CT molecular complexity index is 202. The number of morpholine rings is 1. The summed E-state index contributed by atoms with van der Waals surface area (Å²) in [5.74, 6) is 0.710. The molecule has 3 nitrogen and oxygen atoms in total.